The first-order valence-electron chi connectivity index (χ1n) is 12.8. The minimum absolute atomic E-state index is 0.133. The molecule has 4 heterocycles. The van der Waals surface area contributed by atoms with Crippen molar-refractivity contribution in [2.24, 2.45) is 5.92 Å². The Hall–Kier alpha value is -4.67. The number of nitrogens with one attached hydrogen (secondary N) is 1. The van der Waals surface area contributed by atoms with E-state index in [0.717, 1.165) is 11.3 Å². The summed E-state index contributed by atoms with van der Waals surface area (Å²) in [5, 5.41) is 13.0. The monoisotopic (exact) mass is 527 g/mol. The lowest BCUT2D eigenvalue weighted by Gasteiger charge is -2.35. The number of piperidine rings is 1. The number of pyridine rings is 1. The van der Waals surface area contributed by atoms with E-state index in [-0.39, 0.29) is 29.6 Å². The lowest BCUT2D eigenvalue weighted by molar-refractivity contribution is -0.136. The second-order valence-electron chi connectivity index (χ2n) is 9.69. The Morgan fingerprint density at radius 3 is 2.28 bits per heavy atom. The number of benzene rings is 1. The fraction of sp³-hybridized carbons (Fsp3) is 0.321. The Bertz CT molecular complexity index is 1460. The molecule has 1 aliphatic heterocycles. The second kappa shape index (κ2) is 11.4. The molecule has 4 aromatic rings. The maximum Gasteiger partial charge on any atom is 0.316 e. The van der Waals surface area contributed by atoms with Gasteiger partial charge >= 0.3 is 6.01 Å². The van der Waals surface area contributed by atoms with E-state index in [0.29, 0.717) is 37.0 Å². The average Bonchev–Trinajstić information content (AvgIpc) is 2.96. The summed E-state index contributed by atoms with van der Waals surface area (Å²) < 4.78 is 5.96. The Morgan fingerprint density at radius 2 is 1.64 bits per heavy atom. The molecule has 2 amide bonds. The molecule has 11 nitrogen and oxygen atoms in total. The van der Waals surface area contributed by atoms with Crippen molar-refractivity contribution in [2.45, 2.75) is 38.8 Å². The number of para-hydroxylation sites is 2. The maximum atomic E-state index is 13.4. The Balaban J connectivity index is 1.18. The minimum Gasteiger partial charge on any atom is -0.492 e. The van der Waals surface area contributed by atoms with Crippen LogP contribution in [0.2, 0.25) is 0 Å². The number of aromatic hydroxyl groups is 1. The average molecular weight is 528 g/mol. The van der Waals surface area contributed by atoms with Gasteiger partial charge in [-0.1, -0.05) is 32.0 Å². The topological polar surface area (TPSA) is 143 Å². The van der Waals surface area contributed by atoms with Crippen LogP contribution in [0.3, 0.4) is 0 Å². The van der Waals surface area contributed by atoms with Gasteiger partial charge in [0.2, 0.25) is 11.8 Å². The number of hydrogen-bond donors (Lipinski definition) is 2. The number of ether oxygens (including phenoxy) is 1. The summed E-state index contributed by atoms with van der Waals surface area (Å²) in [5.41, 5.74) is 2.32. The molecule has 0 radical (unpaired) electrons. The van der Waals surface area contributed by atoms with Gasteiger partial charge in [-0.05, 0) is 30.2 Å². The van der Waals surface area contributed by atoms with Crippen molar-refractivity contribution < 1.29 is 19.4 Å². The standard InChI is InChI=1S/C28H29N7O4/c1-17(2)23(34-26(37)24-25(36)33-22-9-4-3-8-21(22)32-24)27(38)35-13-10-19(11-14-35)39-28-30-15-18(16-31-28)20-7-5-6-12-29-20/h3-9,12,15-17,19,23H,10-11,13-14H2,1-2H3,(H,33,36)(H,34,37)/t23-/m0/s1. The molecule has 1 atom stereocenters. The van der Waals surface area contributed by atoms with Crippen LogP contribution >= 0.6 is 0 Å². The molecule has 0 spiro atoms. The lowest BCUT2D eigenvalue weighted by Crippen LogP contribution is -2.53. The highest BCUT2D eigenvalue weighted by molar-refractivity contribution is 5.99. The maximum absolute atomic E-state index is 13.4. The van der Waals surface area contributed by atoms with Crippen molar-refractivity contribution in [1.29, 1.82) is 0 Å². The SMILES string of the molecule is CC(C)[C@H](NC(=O)c1nc2ccccc2nc1O)C(=O)N1CCC(Oc2ncc(-c3ccccn3)cn2)CC1. The zero-order valence-corrected chi connectivity index (χ0v) is 21.7. The molecule has 0 unspecified atom stereocenters. The van der Waals surface area contributed by atoms with E-state index in [1.807, 2.05) is 32.0 Å². The normalized spacial score (nSPS) is 14.8. The van der Waals surface area contributed by atoms with Gasteiger partial charge in [-0.25, -0.2) is 19.9 Å². The van der Waals surface area contributed by atoms with Crippen LogP contribution in [0, 0.1) is 5.92 Å². The molecule has 5 rings (SSSR count). The number of rotatable bonds is 7. The molecule has 0 aliphatic carbocycles. The molecule has 2 N–H and O–H groups in total. The summed E-state index contributed by atoms with van der Waals surface area (Å²) in [6, 6.07) is 12.1. The van der Waals surface area contributed by atoms with Crippen molar-refractivity contribution >= 4 is 22.8 Å². The number of likely N-dealkylation sites (tertiary alicyclic amines) is 1. The summed E-state index contributed by atoms with van der Waals surface area (Å²) in [7, 11) is 0. The third-order valence-electron chi connectivity index (χ3n) is 6.60. The van der Waals surface area contributed by atoms with Crippen molar-refractivity contribution in [1.82, 2.24) is 35.1 Å². The molecule has 0 bridgehead atoms. The molecule has 1 saturated heterocycles. The third-order valence-corrected chi connectivity index (χ3v) is 6.60. The first-order valence-corrected chi connectivity index (χ1v) is 12.8. The van der Waals surface area contributed by atoms with Crippen molar-refractivity contribution in [3.05, 3.63) is 66.7 Å². The van der Waals surface area contributed by atoms with Crippen LogP contribution in [-0.4, -0.2) is 72.0 Å². The number of fused-ring (bicyclic) bond motifs is 1. The molecule has 39 heavy (non-hydrogen) atoms. The molecule has 3 aromatic heterocycles. The predicted molar refractivity (Wildman–Crippen MR) is 143 cm³/mol. The van der Waals surface area contributed by atoms with Crippen molar-refractivity contribution in [3.63, 3.8) is 0 Å². The van der Waals surface area contributed by atoms with Crippen LogP contribution in [0.15, 0.2) is 61.1 Å². The second-order valence-corrected chi connectivity index (χ2v) is 9.69. The number of hydrogen-bond acceptors (Lipinski definition) is 9. The molecule has 11 heteroatoms. The summed E-state index contributed by atoms with van der Waals surface area (Å²) in [6.45, 7) is 4.65. The van der Waals surface area contributed by atoms with Gasteiger partial charge in [0.05, 0.1) is 16.7 Å². The zero-order valence-electron chi connectivity index (χ0n) is 21.7. The van der Waals surface area contributed by atoms with Crippen LogP contribution in [0.25, 0.3) is 22.3 Å². The van der Waals surface area contributed by atoms with E-state index >= 15 is 0 Å². The van der Waals surface area contributed by atoms with Crippen molar-refractivity contribution in [3.8, 4) is 23.1 Å². The predicted octanol–water partition coefficient (Wildman–Crippen LogP) is 3.01. The molecule has 1 aromatic carbocycles. The van der Waals surface area contributed by atoms with Crippen LogP contribution in [0.5, 0.6) is 11.9 Å². The van der Waals surface area contributed by atoms with Gasteiger partial charge in [-0.15, -0.1) is 0 Å². The fourth-order valence-electron chi connectivity index (χ4n) is 4.45. The number of amides is 2. The van der Waals surface area contributed by atoms with E-state index in [4.69, 9.17) is 4.74 Å². The van der Waals surface area contributed by atoms with Crippen molar-refractivity contribution in [2.75, 3.05) is 13.1 Å². The van der Waals surface area contributed by atoms with E-state index in [1.165, 1.54) is 0 Å². The van der Waals surface area contributed by atoms with Gasteiger partial charge in [0.25, 0.3) is 5.91 Å². The highest BCUT2D eigenvalue weighted by Gasteiger charge is 2.33. The van der Waals surface area contributed by atoms with E-state index in [1.54, 1.807) is 47.8 Å². The Kier molecular flexibility index (Phi) is 7.57. The quantitative estimate of drug-likeness (QED) is 0.371. The van der Waals surface area contributed by atoms with E-state index in [9.17, 15) is 14.7 Å². The van der Waals surface area contributed by atoms with Gasteiger partial charge < -0.3 is 20.1 Å². The van der Waals surface area contributed by atoms with Gasteiger partial charge in [-0.2, -0.15) is 0 Å². The van der Waals surface area contributed by atoms with E-state index < -0.39 is 17.8 Å². The molecular weight excluding hydrogens is 498 g/mol. The van der Waals surface area contributed by atoms with Crippen LogP contribution < -0.4 is 10.1 Å². The zero-order chi connectivity index (χ0) is 27.4. The highest BCUT2D eigenvalue weighted by Crippen LogP contribution is 2.21. The molecule has 1 fully saturated rings. The molecule has 0 saturated carbocycles. The summed E-state index contributed by atoms with van der Waals surface area (Å²) in [6.07, 6.45) is 6.14. The molecule has 1 aliphatic rings. The largest absolute Gasteiger partial charge is 0.492 e. The van der Waals surface area contributed by atoms with Crippen LogP contribution in [-0.2, 0) is 4.79 Å². The fourth-order valence-corrected chi connectivity index (χ4v) is 4.45. The number of carbonyl (C=O) groups excluding carboxylic acids is 2. The van der Waals surface area contributed by atoms with Crippen LogP contribution in [0.4, 0.5) is 0 Å². The first kappa shape index (κ1) is 26.0. The van der Waals surface area contributed by atoms with Crippen LogP contribution in [0.1, 0.15) is 37.2 Å². The Morgan fingerprint density at radius 1 is 0.974 bits per heavy atom. The van der Waals surface area contributed by atoms with Gasteiger partial charge in [0.15, 0.2) is 5.69 Å². The third kappa shape index (κ3) is 5.92. The van der Waals surface area contributed by atoms with Gasteiger partial charge in [-0.3, -0.25) is 14.6 Å². The summed E-state index contributed by atoms with van der Waals surface area (Å²) in [4.78, 5) is 49.3. The lowest BCUT2D eigenvalue weighted by atomic mass is 10.00. The number of carbonyl (C=O) groups is 2. The minimum atomic E-state index is -0.787. The van der Waals surface area contributed by atoms with Gasteiger partial charge in [0.1, 0.15) is 12.1 Å². The number of aromatic nitrogens is 5. The highest BCUT2D eigenvalue weighted by atomic mass is 16.5. The molecule has 200 valence electrons. The van der Waals surface area contributed by atoms with E-state index in [2.05, 4.69) is 30.2 Å². The smallest absolute Gasteiger partial charge is 0.316 e. The summed E-state index contributed by atoms with van der Waals surface area (Å²) >= 11 is 0. The summed E-state index contributed by atoms with van der Waals surface area (Å²) in [5.74, 6) is -1.50. The number of nitrogens with zero attached hydrogens (tertiary/aromatic N) is 6. The molecular formula is C28H29N7O4. The Labute approximate surface area is 225 Å². The van der Waals surface area contributed by atoms with Gasteiger partial charge in [0, 0.05) is 50.1 Å². The first-order chi connectivity index (χ1) is 18.9.